The molecule has 1 aromatic rings. The summed E-state index contributed by atoms with van der Waals surface area (Å²) in [5.74, 6) is 1.26. The number of amidine groups is 1. The number of nitrogens with one attached hydrogen (secondary N) is 1. The highest BCUT2D eigenvalue weighted by Crippen LogP contribution is 2.26. The van der Waals surface area contributed by atoms with Gasteiger partial charge in [-0.2, -0.15) is 0 Å². The Bertz CT molecular complexity index is 525. The zero-order valence-corrected chi connectivity index (χ0v) is 10.9. The van der Waals surface area contributed by atoms with Gasteiger partial charge in [0.1, 0.15) is 11.5 Å². The largest absolute Gasteiger partial charge is 0.308 e. The summed E-state index contributed by atoms with van der Waals surface area (Å²) in [6, 6.07) is 9.85. The number of hydrogen-bond acceptors (Lipinski definition) is 2. The first-order valence-corrected chi connectivity index (χ1v) is 6.99. The molecule has 0 spiro atoms. The highest BCUT2D eigenvalue weighted by molar-refractivity contribution is 6.15. The van der Waals surface area contributed by atoms with Gasteiger partial charge in [0.2, 0.25) is 0 Å². The minimum atomic E-state index is -0.0653. The van der Waals surface area contributed by atoms with Crippen molar-refractivity contribution in [3.05, 3.63) is 41.6 Å². The molecular weight excluding hydrogens is 236 g/mol. The molecule has 1 heterocycles. The van der Waals surface area contributed by atoms with Crippen LogP contribution in [0.5, 0.6) is 0 Å². The number of amides is 1. The second-order valence-corrected chi connectivity index (χ2v) is 5.23. The lowest BCUT2D eigenvalue weighted by Gasteiger charge is -2.20. The van der Waals surface area contributed by atoms with E-state index in [4.69, 9.17) is 0 Å². The third-order valence-corrected chi connectivity index (χ3v) is 3.81. The first-order valence-electron chi connectivity index (χ1n) is 6.99. The lowest BCUT2D eigenvalue weighted by molar-refractivity contribution is -0.115. The Labute approximate surface area is 113 Å². The van der Waals surface area contributed by atoms with E-state index in [0.717, 1.165) is 24.2 Å². The lowest BCUT2D eigenvalue weighted by atomic mass is 9.88. The number of hydrogen-bond donors (Lipinski definition) is 1. The second-order valence-electron chi connectivity index (χ2n) is 5.23. The van der Waals surface area contributed by atoms with Gasteiger partial charge in [-0.15, -0.1) is 0 Å². The van der Waals surface area contributed by atoms with Gasteiger partial charge in [0, 0.05) is 5.92 Å². The molecule has 0 aromatic heterocycles. The van der Waals surface area contributed by atoms with Crippen molar-refractivity contribution in [1.29, 1.82) is 0 Å². The predicted molar refractivity (Wildman–Crippen MR) is 76.6 cm³/mol. The van der Waals surface area contributed by atoms with Gasteiger partial charge in [0.25, 0.3) is 5.91 Å². The molecule has 0 bridgehead atoms. The van der Waals surface area contributed by atoms with Crippen molar-refractivity contribution in [2.75, 3.05) is 0 Å². The van der Waals surface area contributed by atoms with E-state index in [9.17, 15) is 4.79 Å². The molecule has 1 saturated carbocycles. The van der Waals surface area contributed by atoms with Gasteiger partial charge < -0.3 is 5.32 Å². The molecule has 1 fully saturated rings. The van der Waals surface area contributed by atoms with E-state index >= 15 is 0 Å². The lowest BCUT2D eigenvalue weighted by Crippen LogP contribution is -2.31. The molecule has 0 saturated heterocycles. The van der Waals surface area contributed by atoms with Gasteiger partial charge in [-0.25, -0.2) is 4.99 Å². The summed E-state index contributed by atoms with van der Waals surface area (Å²) >= 11 is 0. The SMILES string of the molecule is O=C1NC(C2CCCCC2)=N/C1=C/c1ccccc1. The van der Waals surface area contributed by atoms with E-state index in [-0.39, 0.29) is 5.91 Å². The van der Waals surface area contributed by atoms with E-state index in [1.165, 1.54) is 19.3 Å². The van der Waals surface area contributed by atoms with Crippen LogP contribution in [0.2, 0.25) is 0 Å². The quantitative estimate of drug-likeness (QED) is 0.809. The minimum absolute atomic E-state index is 0.0653. The maximum absolute atomic E-state index is 11.9. The van der Waals surface area contributed by atoms with Crippen LogP contribution in [-0.4, -0.2) is 11.7 Å². The second kappa shape index (κ2) is 5.39. The summed E-state index contributed by atoms with van der Waals surface area (Å²) < 4.78 is 0. The number of carbonyl (C=O) groups is 1. The van der Waals surface area contributed by atoms with Gasteiger partial charge in [0.15, 0.2) is 0 Å². The van der Waals surface area contributed by atoms with Crippen molar-refractivity contribution in [2.45, 2.75) is 32.1 Å². The normalized spacial score (nSPS) is 22.4. The van der Waals surface area contributed by atoms with E-state index < -0.39 is 0 Å². The third-order valence-electron chi connectivity index (χ3n) is 3.81. The van der Waals surface area contributed by atoms with Crippen molar-refractivity contribution in [3.8, 4) is 0 Å². The maximum Gasteiger partial charge on any atom is 0.275 e. The van der Waals surface area contributed by atoms with Crippen LogP contribution in [0.25, 0.3) is 6.08 Å². The molecule has 0 atom stereocenters. The smallest absolute Gasteiger partial charge is 0.275 e. The summed E-state index contributed by atoms with van der Waals surface area (Å²) in [7, 11) is 0. The molecule has 0 radical (unpaired) electrons. The van der Waals surface area contributed by atoms with E-state index in [1.54, 1.807) is 0 Å². The first kappa shape index (κ1) is 12.2. The van der Waals surface area contributed by atoms with Crippen LogP contribution < -0.4 is 5.32 Å². The molecule has 1 amide bonds. The van der Waals surface area contributed by atoms with Gasteiger partial charge in [-0.3, -0.25) is 4.79 Å². The van der Waals surface area contributed by atoms with Gasteiger partial charge in [-0.1, -0.05) is 49.6 Å². The molecule has 1 N–H and O–H groups in total. The number of rotatable bonds is 2. The number of benzene rings is 1. The Hall–Kier alpha value is -1.90. The molecule has 1 aliphatic heterocycles. The van der Waals surface area contributed by atoms with Crippen LogP contribution >= 0.6 is 0 Å². The van der Waals surface area contributed by atoms with E-state index in [0.29, 0.717) is 11.6 Å². The molecule has 98 valence electrons. The summed E-state index contributed by atoms with van der Waals surface area (Å²) in [5.41, 5.74) is 1.55. The highest BCUT2D eigenvalue weighted by atomic mass is 16.2. The fraction of sp³-hybridized carbons (Fsp3) is 0.375. The van der Waals surface area contributed by atoms with Crippen molar-refractivity contribution >= 4 is 17.8 Å². The molecule has 3 nitrogen and oxygen atoms in total. The molecule has 3 rings (SSSR count). The fourth-order valence-electron chi connectivity index (χ4n) is 2.76. The zero-order chi connectivity index (χ0) is 13.1. The summed E-state index contributed by atoms with van der Waals surface area (Å²) in [5, 5.41) is 2.94. The zero-order valence-electron chi connectivity index (χ0n) is 10.9. The molecule has 2 aliphatic rings. The topological polar surface area (TPSA) is 41.5 Å². The molecule has 3 heteroatoms. The Balaban J connectivity index is 1.81. The van der Waals surface area contributed by atoms with Crippen LogP contribution in [-0.2, 0) is 4.79 Å². The van der Waals surface area contributed by atoms with Crippen LogP contribution in [0.3, 0.4) is 0 Å². The average molecular weight is 254 g/mol. The van der Waals surface area contributed by atoms with Gasteiger partial charge in [0.05, 0.1) is 0 Å². The highest BCUT2D eigenvalue weighted by Gasteiger charge is 2.27. The van der Waals surface area contributed by atoms with E-state index in [2.05, 4.69) is 10.3 Å². The Morgan fingerprint density at radius 1 is 1.11 bits per heavy atom. The van der Waals surface area contributed by atoms with E-state index in [1.807, 2.05) is 36.4 Å². The number of nitrogens with zero attached hydrogens (tertiary/aromatic N) is 1. The van der Waals surface area contributed by atoms with Gasteiger partial charge >= 0.3 is 0 Å². The molecule has 1 aromatic carbocycles. The standard InChI is InChI=1S/C16H18N2O/c19-16-14(11-12-7-3-1-4-8-12)17-15(18-16)13-9-5-2-6-10-13/h1,3-4,7-8,11,13H,2,5-6,9-10H2,(H,17,18,19)/b14-11+. The van der Waals surface area contributed by atoms with Crippen LogP contribution in [0.15, 0.2) is 41.0 Å². The van der Waals surface area contributed by atoms with Crippen molar-refractivity contribution in [3.63, 3.8) is 0 Å². The van der Waals surface area contributed by atoms with Crippen LogP contribution in [0.1, 0.15) is 37.7 Å². The van der Waals surface area contributed by atoms with Crippen LogP contribution in [0.4, 0.5) is 0 Å². The number of carbonyl (C=O) groups excluding carboxylic acids is 1. The van der Waals surface area contributed by atoms with Crippen molar-refractivity contribution in [2.24, 2.45) is 10.9 Å². The molecule has 1 aliphatic carbocycles. The van der Waals surface area contributed by atoms with Crippen molar-refractivity contribution in [1.82, 2.24) is 5.32 Å². The van der Waals surface area contributed by atoms with Crippen LogP contribution in [0, 0.1) is 5.92 Å². The molecule has 19 heavy (non-hydrogen) atoms. The summed E-state index contributed by atoms with van der Waals surface area (Å²) in [6.07, 6.45) is 7.96. The average Bonchev–Trinajstić information content (AvgIpc) is 2.82. The van der Waals surface area contributed by atoms with Crippen molar-refractivity contribution < 1.29 is 4.79 Å². The molecule has 0 unspecified atom stereocenters. The predicted octanol–water partition coefficient (Wildman–Crippen LogP) is 3.14. The maximum atomic E-state index is 11.9. The Morgan fingerprint density at radius 3 is 2.58 bits per heavy atom. The summed E-state index contributed by atoms with van der Waals surface area (Å²) in [4.78, 5) is 16.4. The number of aliphatic imine (C=N–C) groups is 1. The Morgan fingerprint density at radius 2 is 1.84 bits per heavy atom. The monoisotopic (exact) mass is 254 g/mol. The third kappa shape index (κ3) is 2.75. The van der Waals surface area contributed by atoms with Gasteiger partial charge in [-0.05, 0) is 24.5 Å². The minimum Gasteiger partial charge on any atom is -0.308 e. The first-order chi connectivity index (χ1) is 9.33. The summed E-state index contributed by atoms with van der Waals surface area (Å²) in [6.45, 7) is 0. The fourth-order valence-corrected chi connectivity index (χ4v) is 2.76. The molecular formula is C16H18N2O. The Kier molecular flexibility index (Phi) is 3.45.